The van der Waals surface area contributed by atoms with Crippen LogP contribution >= 0.6 is 0 Å². The van der Waals surface area contributed by atoms with E-state index in [0.717, 1.165) is 50.2 Å². The average molecular weight is 767 g/mol. The zero-order chi connectivity index (χ0) is 39.1. The number of carbonyl (C=O) groups excluding carboxylic acids is 2. The maximum Gasteiger partial charge on any atom is 0.534 e. The van der Waals surface area contributed by atoms with Gasteiger partial charge in [0.2, 0.25) is 0 Å². The molecule has 1 saturated heterocycles. The van der Waals surface area contributed by atoms with E-state index in [0.29, 0.717) is 18.0 Å². The van der Waals surface area contributed by atoms with Gasteiger partial charge in [-0.3, -0.25) is 4.57 Å². The molecular formula is C37H49F3N4O8S. The molecule has 1 aromatic heterocycles. The van der Waals surface area contributed by atoms with Crippen LogP contribution in [0.3, 0.4) is 0 Å². The number of urea groups is 1. The maximum absolute atomic E-state index is 12.7. The van der Waals surface area contributed by atoms with Crippen molar-refractivity contribution in [2.75, 3.05) is 19.6 Å². The number of ether oxygens (including phenoxy) is 1. The summed E-state index contributed by atoms with van der Waals surface area (Å²) in [4.78, 5) is 39.5. The number of nitrogens with one attached hydrogen (secondary N) is 1. The number of halogens is 3. The first kappa shape index (κ1) is 41.3. The number of aromatic nitrogens is 1. The molecule has 0 saturated carbocycles. The van der Waals surface area contributed by atoms with Gasteiger partial charge in [0.15, 0.2) is 5.58 Å². The lowest BCUT2D eigenvalue weighted by molar-refractivity contribution is -0.0527. The summed E-state index contributed by atoms with van der Waals surface area (Å²) in [5.41, 5.74) is -2.23. The molecule has 292 valence electrons. The van der Waals surface area contributed by atoms with Gasteiger partial charge in [-0.15, -0.1) is 0 Å². The van der Waals surface area contributed by atoms with E-state index in [2.05, 4.69) is 46.8 Å². The highest BCUT2D eigenvalue weighted by Crippen LogP contribution is 2.33. The van der Waals surface area contributed by atoms with E-state index >= 15 is 0 Å². The van der Waals surface area contributed by atoms with Crippen LogP contribution < -0.4 is 11.1 Å². The molecule has 2 aromatic carbocycles. The highest BCUT2D eigenvalue weighted by Gasteiger charge is 2.49. The lowest BCUT2D eigenvalue weighted by Crippen LogP contribution is -2.49. The molecule has 5 rings (SSSR count). The number of hydrogen-bond acceptors (Lipinski definition) is 8. The third-order valence-electron chi connectivity index (χ3n) is 9.11. The number of unbranched alkanes of at least 4 members (excludes halogenated alkanes) is 1. The van der Waals surface area contributed by atoms with Crippen LogP contribution in [0.5, 0.6) is 0 Å². The fourth-order valence-corrected chi connectivity index (χ4v) is 6.79. The molecule has 3 unspecified atom stereocenters. The molecule has 3 atom stereocenters. The van der Waals surface area contributed by atoms with Crippen LogP contribution in [0.1, 0.15) is 83.8 Å². The van der Waals surface area contributed by atoms with E-state index in [-0.39, 0.29) is 36.6 Å². The molecule has 1 N–H and O–H groups in total. The molecule has 2 aliphatic heterocycles. The van der Waals surface area contributed by atoms with Crippen molar-refractivity contribution in [1.29, 1.82) is 0 Å². The van der Waals surface area contributed by atoms with E-state index in [4.69, 9.17) is 9.15 Å². The number of alkyl halides is 3. The second-order valence-electron chi connectivity index (χ2n) is 14.4. The number of amides is 3. The minimum Gasteiger partial charge on any atom is -0.444 e. The summed E-state index contributed by atoms with van der Waals surface area (Å²) in [6.07, 6.45) is 5.24. The van der Waals surface area contributed by atoms with Crippen LogP contribution in [0.25, 0.3) is 11.1 Å². The van der Waals surface area contributed by atoms with Gasteiger partial charge in [-0.2, -0.15) is 21.6 Å². The molecule has 0 radical (unpaired) electrons. The zero-order valence-corrected chi connectivity index (χ0v) is 31.8. The molecule has 3 aromatic rings. The SMILES string of the molecule is CC1CC(OS(=O)(=O)C(F)(F)F)=CCN1C(=O)OC(C)(C)C.CC1CC(c2ccc3c(c2)oc(=O)n3C)CCN1C(=O)NCCCCc1ccccc1. The Labute approximate surface area is 308 Å². The third kappa shape index (κ3) is 11.3. The molecule has 16 heteroatoms. The van der Waals surface area contributed by atoms with Crippen LogP contribution in [-0.4, -0.2) is 77.7 Å². The van der Waals surface area contributed by atoms with Gasteiger partial charge < -0.3 is 28.5 Å². The van der Waals surface area contributed by atoms with Crippen molar-refractivity contribution >= 4 is 33.3 Å². The van der Waals surface area contributed by atoms with Crippen molar-refractivity contribution in [3.05, 3.63) is 82.0 Å². The highest BCUT2D eigenvalue weighted by atomic mass is 32.2. The first-order chi connectivity index (χ1) is 24.8. The monoisotopic (exact) mass is 766 g/mol. The number of carbonyl (C=O) groups is 2. The Morgan fingerprint density at radius 3 is 2.32 bits per heavy atom. The average Bonchev–Trinajstić information content (AvgIpc) is 3.35. The Morgan fingerprint density at radius 2 is 1.70 bits per heavy atom. The lowest BCUT2D eigenvalue weighted by atomic mass is 9.86. The summed E-state index contributed by atoms with van der Waals surface area (Å²) in [5.74, 6) is -0.319. The van der Waals surface area contributed by atoms with Crippen molar-refractivity contribution in [1.82, 2.24) is 19.7 Å². The Kier molecular flexibility index (Phi) is 13.3. The van der Waals surface area contributed by atoms with Crippen molar-refractivity contribution in [3.63, 3.8) is 0 Å². The number of oxazole rings is 1. The number of aryl methyl sites for hydroxylation is 2. The molecule has 0 aliphatic carbocycles. The fourth-order valence-electron chi connectivity index (χ4n) is 6.27. The molecule has 12 nitrogen and oxygen atoms in total. The standard InChI is InChI=1S/C25H31N3O3.C12H18F3NO5S/c1-18-16-21(20-11-12-22-23(17-20)31-25(30)27(22)2)13-15-28(18)24(29)26-14-7-6-10-19-8-4-3-5-9-19;1-8-7-9(21-22(18,19)12(13,14)15)5-6-16(8)10(17)20-11(2,3)4/h3-5,8-9,11-12,17-18,21H,6-7,10,13-16H2,1-2H3,(H,26,29);5,8H,6-7H2,1-4H3. The Balaban J connectivity index is 0.000000253. The van der Waals surface area contributed by atoms with Gasteiger partial charge >= 0.3 is 33.5 Å². The maximum atomic E-state index is 12.7. The van der Waals surface area contributed by atoms with Gasteiger partial charge in [-0.05, 0) is 102 Å². The number of fused-ring (bicyclic) bond motifs is 1. The first-order valence-corrected chi connectivity index (χ1v) is 19.0. The van der Waals surface area contributed by atoms with Gasteiger partial charge in [0, 0.05) is 45.2 Å². The van der Waals surface area contributed by atoms with Gasteiger partial charge in [-0.1, -0.05) is 36.4 Å². The zero-order valence-electron chi connectivity index (χ0n) is 30.9. The second kappa shape index (κ2) is 17.1. The number of piperidine rings is 1. The lowest BCUT2D eigenvalue weighted by Gasteiger charge is -2.37. The summed E-state index contributed by atoms with van der Waals surface area (Å²) in [7, 11) is -3.97. The number of rotatable bonds is 8. The summed E-state index contributed by atoms with van der Waals surface area (Å²) >= 11 is 0. The normalized spacial score (nSPS) is 19.6. The molecule has 0 spiro atoms. The molecule has 0 bridgehead atoms. The third-order valence-corrected chi connectivity index (χ3v) is 10.1. The van der Waals surface area contributed by atoms with Crippen LogP contribution in [-0.2, 0) is 32.5 Å². The number of benzene rings is 2. The van der Waals surface area contributed by atoms with Gasteiger partial charge in [0.25, 0.3) is 0 Å². The van der Waals surface area contributed by atoms with Gasteiger partial charge in [0.1, 0.15) is 11.4 Å². The summed E-state index contributed by atoms with van der Waals surface area (Å²) in [5, 5.41) is 3.09. The van der Waals surface area contributed by atoms with Crippen LogP contribution in [0.15, 0.2) is 69.6 Å². The van der Waals surface area contributed by atoms with Crippen molar-refractivity contribution in [2.24, 2.45) is 7.05 Å². The van der Waals surface area contributed by atoms with E-state index in [9.17, 15) is 36.0 Å². The topological polar surface area (TPSA) is 140 Å². The minimum absolute atomic E-state index is 0.0372. The summed E-state index contributed by atoms with van der Waals surface area (Å²) in [6, 6.07) is 16.1. The van der Waals surface area contributed by atoms with Crippen molar-refractivity contribution in [2.45, 2.75) is 102 Å². The number of hydrogen-bond donors (Lipinski definition) is 1. The largest absolute Gasteiger partial charge is 0.534 e. The van der Waals surface area contributed by atoms with Gasteiger partial charge in [-0.25, -0.2) is 14.4 Å². The van der Waals surface area contributed by atoms with Crippen LogP contribution in [0.4, 0.5) is 22.8 Å². The minimum atomic E-state index is -5.69. The second-order valence-corrected chi connectivity index (χ2v) is 16.0. The summed E-state index contributed by atoms with van der Waals surface area (Å²) < 4.78 is 74.7. The fraction of sp³-hybridized carbons (Fsp3) is 0.541. The number of nitrogens with zero attached hydrogens (tertiary/aromatic N) is 3. The predicted octanol–water partition coefficient (Wildman–Crippen LogP) is 7.20. The van der Waals surface area contributed by atoms with Crippen LogP contribution in [0.2, 0.25) is 0 Å². The molecule has 1 fully saturated rings. The predicted molar refractivity (Wildman–Crippen MR) is 194 cm³/mol. The highest BCUT2D eigenvalue weighted by molar-refractivity contribution is 7.87. The Bertz CT molecular complexity index is 1920. The smallest absolute Gasteiger partial charge is 0.444 e. The molecular weight excluding hydrogens is 717 g/mol. The van der Waals surface area contributed by atoms with Gasteiger partial charge in [0.05, 0.1) is 5.52 Å². The number of likely N-dealkylation sites (tertiary alicyclic amines) is 1. The van der Waals surface area contributed by atoms with Crippen molar-refractivity contribution in [3.8, 4) is 0 Å². The van der Waals surface area contributed by atoms with Crippen molar-refractivity contribution < 1.29 is 44.5 Å². The molecule has 3 amide bonds. The first-order valence-electron chi connectivity index (χ1n) is 17.6. The Hall–Kier alpha value is -4.47. The summed E-state index contributed by atoms with van der Waals surface area (Å²) in [6.45, 7) is 10.1. The Morgan fingerprint density at radius 1 is 1.00 bits per heavy atom. The van der Waals surface area contributed by atoms with E-state index in [1.54, 1.807) is 34.7 Å². The van der Waals surface area contributed by atoms with E-state index in [1.807, 2.05) is 23.1 Å². The molecule has 2 aliphatic rings. The quantitative estimate of drug-likeness (QED) is 0.144. The molecule has 53 heavy (non-hydrogen) atoms. The van der Waals surface area contributed by atoms with E-state index in [1.165, 1.54) is 20.6 Å². The van der Waals surface area contributed by atoms with E-state index < -0.39 is 33.4 Å². The molecule has 3 heterocycles. The van der Waals surface area contributed by atoms with Crippen LogP contribution in [0, 0.1) is 0 Å².